The molecule has 0 spiro atoms. The monoisotopic (exact) mass is 232 g/mol. The van der Waals surface area contributed by atoms with Crippen LogP contribution in [0.5, 0.6) is 0 Å². The van der Waals surface area contributed by atoms with Crippen molar-refractivity contribution in [3.05, 3.63) is 12.2 Å². The van der Waals surface area contributed by atoms with Crippen LogP contribution < -0.4 is 0 Å². The molecule has 0 amide bonds. The van der Waals surface area contributed by atoms with Crippen LogP contribution in [0.15, 0.2) is 12.2 Å². The Labute approximate surface area is 93.8 Å². The van der Waals surface area contributed by atoms with Gasteiger partial charge >= 0.3 is 12.1 Å². The molecule has 0 atom stereocenters. The molecule has 0 unspecified atom stereocenters. The lowest BCUT2D eigenvalue weighted by atomic mass is 10.4. The molecule has 0 aromatic carbocycles. The van der Waals surface area contributed by atoms with Crippen molar-refractivity contribution in [2.75, 3.05) is 26.4 Å². The molecule has 1 saturated heterocycles. The van der Waals surface area contributed by atoms with Gasteiger partial charge in [0.1, 0.15) is 6.61 Å². The molecule has 1 aliphatic heterocycles. The second kappa shape index (κ2) is 8.72. The number of rotatable bonds is 3. The van der Waals surface area contributed by atoms with Gasteiger partial charge in [0, 0.05) is 12.0 Å². The summed E-state index contributed by atoms with van der Waals surface area (Å²) in [5, 5.41) is 8.19. The largest absolute Gasteiger partial charge is 0.508 e. The van der Waals surface area contributed by atoms with Gasteiger partial charge in [0.2, 0.25) is 0 Å². The first-order chi connectivity index (χ1) is 7.57. The zero-order chi connectivity index (χ0) is 12.4. The van der Waals surface area contributed by atoms with E-state index in [0.717, 1.165) is 6.42 Å². The van der Waals surface area contributed by atoms with Crippen LogP contribution in [0.3, 0.4) is 0 Å². The minimum atomic E-state index is -0.536. The lowest BCUT2D eigenvalue weighted by molar-refractivity contribution is -0.139. The van der Waals surface area contributed by atoms with Crippen LogP contribution in [0.1, 0.15) is 13.3 Å². The summed E-state index contributed by atoms with van der Waals surface area (Å²) in [5.74, 6) is -0.455. The predicted octanol–water partition coefficient (Wildman–Crippen LogP) is 0.641. The van der Waals surface area contributed by atoms with Crippen molar-refractivity contribution >= 4 is 12.1 Å². The van der Waals surface area contributed by atoms with Crippen LogP contribution in [0.4, 0.5) is 4.79 Å². The highest BCUT2D eigenvalue weighted by atomic mass is 16.7. The second-order valence-electron chi connectivity index (χ2n) is 2.94. The molecule has 1 N–H and O–H groups in total. The van der Waals surface area contributed by atoms with E-state index in [9.17, 15) is 9.59 Å². The number of carbonyl (C=O) groups is 2. The quantitative estimate of drug-likeness (QED) is 0.568. The molecule has 16 heavy (non-hydrogen) atoms. The highest BCUT2D eigenvalue weighted by Gasteiger charge is 2.07. The maximum absolute atomic E-state index is 10.5. The average Bonchev–Trinajstić information content (AvgIpc) is 2.27. The molecule has 1 fully saturated rings. The summed E-state index contributed by atoms with van der Waals surface area (Å²) >= 11 is 0. The number of ether oxygens (including phenoxy) is 3. The molecule has 0 saturated carbocycles. The molecular weight excluding hydrogens is 216 g/mol. The van der Waals surface area contributed by atoms with Crippen molar-refractivity contribution < 1.29 is 28.9 Å². The van der Waals surface area contributed by atoms with E-state index in [4.69, 9.17) is 5.11 Å². The molecule has 6 heteroatoms. The normalized spacial score (nSPS) is 13.8. The first-order valence-corrected chi connectivity index (χ1v) is 4.81. The molecule has 6 nitrogen and oxygen atoms in total. The maximum Gasteiger partial charge on any atom is 0.508 e. The van der Waals surface area contributed by atoms with Crippen LogP contribution in [0.2, 0.25) is 0 Å². The number of aliphatic hydroxyl groups is 1. The second-order valence-corrected chi connectivity index (χ2v) is 2.94. The number of cyclic esters (lactones) is 2. The lowest BCUT2D eigenvalue weighted by Crippen LogP contribution is -2.16. The molecule has 0 aromatic rings. The van der Waals surface area contributed by atoms with Crippen molar-refractivity contribution in [3.63, 3.8) is 0 Å². The molecule has 1 rings (SSSR count). The highest BCUT2D eigenvalue weighted by Crippen LogP contribution is 1.95. The Morgan fingerprint density at radius 2 is 2.06 bits per heavy atom. The van der Waals surface area contributed by atoms with E-state index in [1.807, 2.05) is 0 Å². The van der Waals surface area contributed by atoms with Gasteiger partial charge in [-0.15, -0.1) is 0 Å². The van der Waals surface area contributed by atoms with E-state index in [1.165, 1.54) is 0 Å². The number of hydrogen-bond acceptors (Lipinski definition) is 6. The number of aliphatic hydroxyl groups excluding tert-OH is 1. The summed E-state index contributed by atoms with van der Waals surface area (Å²) in [6.07, 6.45) is 0.289. The van der Waals surface area contributed by atoms with Gasteiger partial charge < -0.3 is 19.3 Å². The Bertz CT molecular complexity index is 240. The first kappa shape index (κ1) is 14.4. The summed E-state index contributed by atoms with van der Waals surface area (Å²) in [7, 11) is 0. The molecular formula is C10H16O6. The Hall–Kier alpha value is -1.56. The average molecular weight is 232 g/mol. The van der Waals surface area contributed by atoms with Crippen molar-refractivity contribution in [3.8, 4) is 0 Å². The molecule has 0 radical (unpaired) electrons. The molecule has 0 aromatic heterocycles. The zero-order valence-electron chi connectivity index (χ0n) is 9.23. The zero-order valence-corrected chi connectivity index (χ0v) is 9.23. The lowest BCUT2D eigenvalue weighted by Gasteiger charge is -2.09. The van der Waals surface area contributed by atoms with E-state index < -0.39 is 12.1 Å². The van der Waals surface area contributed by atoms with E-state index in [1.54, 1.807) is 6.92 Å². The van der Waals surface area contributed by atoms with Gasteiger partial charge in [-0.3, -0.25) is 0 Å². The third kappa shape index (κ3) is 7.81. The van der Waals surface area contributed by atoms with Crippen LogP contribution in [0.25, 0.3) is 0 Å². The summed E-state index contributed by atoms with van der Waals surface area (Å²) in [5.41, 5.74) is 0.350. The molecule has 92 valence electrons. The molecule has 1 heterocycles. The standard InChI is InChI=1S/C6H10O3.C4H6O3/c1-5(2)6(8)9-4-3-7;5-4-6-2-1-3-7-4/h7H,1,3-4H2,2H3;1-3H2. The Balaban J connectivity index is 0.000000288. The molecule has 0 bridgehead atoms. The van der Waals surface area contributed by atoms with Crippen LogP contribution in [-0.4, -0.2) is 43.7 Å². The van der Waals surface area contributed by atoms with Gasteiger partial charge in [0.25, 0.3) is 0 Å². The summed E-state index contributed by atoms with van der Waals surface area (Å²) in [6, 6.07) is 0. The van der Waals surface area contributed by atoms with E-state index in [0.29, 0.717) is 18.8 Å². The van der Waals surface area contributed by atoms with Gasteiger partial charge in [-0.25, -0.2) is 9.59 Å². The summed E-state index contributed by atoms with van der Waals surface area (Å²) < 4.78 is 13.3. The first-order valence-electron chi connectivity index (χ1n) is 4.81. The predicted molar refractivity (Wildman–Crippen MR) is 54.8 cm³/mol. The van der Waals surface area contributed by atoms with Gasteiger partial charge in [0.15, 0.2) is 0 Å². The fraction of sp³-hybridized carbons (Fsp3) is 0.600. The van der Waals surface area contributed by atoms with Gasteiger partial charge in [-0.05, 0) is 6.92 Å². The number of esters is 1. The number of hydrogen-bond donors (Lipinski definition) is 1. The van der Waals surface area contributed by atoms with Crippen molar-refractivity contribution in [2.24, 2.45) is 0 Å². The minimum absolute atomic E-state index is 0.0473. The van der Waals surface area contributed by atoms with Crippen molar-refractivity contribution in [1.29, 1.82) is 0 Å². The fourth-order valence-corrected chi connectivity index (χ4v) is 0.673. The van der Waals surface area contributed by atoms with E-state index >= 15 is 0 Å². The van der Waals surface area contributed by atoms with Gasteiger partial charge in [0.05, 0.1) is 19.8 Å². The summed E-state index contributed by atoms with van der Waals surface area (Å²) in [6.45, 7) is 5.84. The van der Waals surface area contributed by atoms with Crippen LogP contribution >= 0.6 is 0 Å². The Morgan fingerprint density at radius 3 is 2.38 bits per heavy atom. The smallest absolute Gasteiger partial charge is 0.460 e. The van der Waals surface area contributed by atoms with Crippen molar-refractivity contribution in [1.82, 2.24) is 0 Å². The van der Waals surface area contributed by atoms with Crippen LogP contribution in [0, 0.1) is 0 Å². The van der Waals surface area contributed by atoms with Crippen LogP contribution in [-0.2, 0) is 19.0 Å². The van der Waals surface area contributed by atoms with E-state index in [-0.39, 0.29) is 13.2 Å². The van der Waals surface area contributed by atoms with E-state index in [2.05, 4.69) is 20.8 Å². The Morgan fingerprint density at radius 1 is 1.50 bits per heavy atom. The fourth-order valence-electron chi connectivity index (χ4n) is 0.673. The third-order valence-corrected chi connectivity index (χ3v) is 1.40. The highest BCUT2D eigenvalue weighted by molar-refractivity contribution is 5.86. The van der Waals surface area contributed by atoms with Gasteiger partial charge in [-0.2, -0.15) is 0 Å². The van der Waals surface area contributed by atoms with Gasteiger partial charge in [-0.1, -0.05) is 6.58 Å². The SMILES string of the molecule is C=C(C)C(=O)OCCO.O=C1OCCCO1. The van der Waals surface area contributed by atoms with Crippen molar-refractivity contribution in [2.45, 2.75) is 13.3 Å². The number of carbonyl (C=O) groups excluding carboxylic acids is 2. The topological polar surface area (TPSA) is 82.1 Å². The third-order valence-electron chi connectivity index (χ3n) is 1.40. The maximum atomic E-state index is 10.5. The molecule has 0 aliphatic carbocycles. The minimum Gasteiger partial charge on any atom is -0.460 e. The Kier molecular flexibility index (Phi) is 7.87. The molecule has 1 aliphatic rings. The summed E-state index contributed by atoms with van der Waals surface area (Å²) in [4.78, 5) is 20.5.